The van der Waals surface area contributed by atoms with Crippen molar-refractivity contribution in [2.45, 2.75) is 32.1 Å². The van der Waals surface area contributed by atoms with E-state index >= 15 is 0 Å². The number of fused-ring (bicyclic) bond motifs is 1. The Morgan fingerprint density at radius 3 is 2.74 bits per heavy atom. The largest absolute Gasteiger partial charge is 0.463 e. The summed E-state index contributed by atoms with van der Waals surface area (Å²) in [7, 11) is 0. The van der Waals surface area contributed by atoms with E-state index in [0.717, 1.165) is 88.5 Å². The molecule has 2 aromatic rings. The summed E-state index contributed by atoms with van der Waals surface area (Å²) < 4.78 is 11.0. The first kappa shape index (κ1) is 18.0. The molecule has 1 aliphatic heterocycles. The molecule has 0 atom stereocenters. The van der Waals surface area contributed by atoms with Crippen molar-refractivity contribution in [2.24, 2.45) is 0 Å². The molecule has 0 bridgehead atoms. The van der Waals surface area contributed by atoms with Gasteiger partial charge in [0.25, 0.3) is 0 Å². The zero-order valence-corrected chi connectivity index (χ0v) is 15.7. The first-order chi connectivity index (χ1) is 13.4. The van der Waals surface area contributed by atoms with Crippen molar-refractivity contribution in [1.82, 2.24) is 9.88 Å². The van der Waals surface area contributed by atoms with Crippen molar-refractivity contribution in [3.63, 3.8) is 0 Å². The Hall–Kier alpha value is -2.36. The van der Waals surface area contributed by atoms with Gasteiger partial charge in [-0.25, -0.2) is 4.98 Å². The number of rotatable bonds is 6. The maximum Gasteiger partial charge on any atom is 0.152 e. The number of aromatic nitrogens is 1. The van der Waals surface area contributed by atoms with Crippen molar-refractivity contribution in [1.29, 1.82) is 5.26 Å². The van der Waals surface area contributed by atoms with E-state index in [2.05, 4.69) is 16.3 Å². The van der Waals surface area contributed by atoms with Gasteiger partial charge in [-0.2, -0.15) is 5.26 Å². The van der Waals surface area contributed by atoms with Crippen LogP contribution in [0.15, 0.2) is 22.8 Å². The van der Waals surface area contributed by atoms with E-state index in [1.54, 1.807) is 6.26 Å². The standard InChI is InChI=1S/C21H26N4O2/c22-15-18-16-5-1-2-6-17(16)20(19-7-3-12-27-19)24-21(18)23-8-4-9-25-10-13-26-14-11-25/h3,7,12H,1-2,4-6,8-11,13-14H2,(H,23,24). The van der Waals surface area contributed by atoms with Gasteiger partial charge in [-0.15, -0.1) is 0 Å². The molecule has 0 unspecified atom stereocenters. The van der Waals surface area contributed by atoms with Crippen molar-refractivity contribution in [2.75, 3.05) is 44.7 Å². The van der Waals surface area contributed by atoms with Gasteiger partial charge in [0.2, 0.25) is 0 Å². The lowest BCUT2D eigenvalue weighted by atomic mass is 9.87. The monoisotopic (exact) mass is 366 g/mol. The lowest BCUT2D eigenvalue weighted by Gasteiger charge is -2.26. The number of furan rings is 1. The molecular formula is C21H26N4O2. The molecule has 0 saturated carbocycles. The Labute approximate surface area is 160 Å². The molecule has 27 heavy (non-hydrogen) atoms. The number of hydrogen-bond acceptors (Lipinski definition) is 6. The van der Waals surface area contributed by atoms with Crippen LogP contribution in [-0.4, -0.2) is 49.3 Å². The molecule has 6 nitrogen and oxygen atoms in total. The molecule has 2 aromatic heterocycles. The number of nitriles is 1. The predicted octanol–water partition coefficient (Wildman–Crippen LogP) is 3.23. The van der Waals surface area contributed by atoms with Gasteiger partial charge in [-0.3, -0.25) is 4.90 Å². The van der Waals surface area contributed by atoms with E-state index < -0.39 is 0 Å². The van der Waals surface area contributed by atoms with Crippen molar-refractivity contribution < 1.29 is 9.15 Å². The minimum absolute atomic E-state index is 0.700. The van der Waals surface area contributed by atoms with E-state index in [4.69, 9.17) is 14.1 Å². The summed E-state index contributed by atoms with van der Waals surface area (Å²) in [5.41, 5.74) is 3.95. The van der Waals surface area contributed by atoms with Crippen LogP contribution in [-0.2, 0) is 17.6 Å². The van der Waals surface area contributed by atoms with Crippen LogP contribution in [0.5, 0.6) is 0 Å². The van der Waals surface area contributed by atoms with Crippen LogP contribution in [0.1, 0.15) is 36.0 Å². The third kappa shape index (κ3) is 4.00. The molecule has 6 heteroatoms. The minimum Gasteiger partial charge on any atom is -0.463 e. The Morgan fingerprint density at radius 2 is 2.00 bits per heavy atom. The molecule has 142 valence electrons. The zero-order chi connectivity index (χ0) is 18.5. The SMILES string of the molecule is N#Cc1c(NCCCN2CCOCC2)nc(-c2ccco2)c2c1CCCC2. The molecule has 1 N–H and O–H groups in total. The quantitative estimate of drug-likeness (QED) is 0.791. The maximum atomic E-state index is 9.78. The molecule has 3 heterocycles. The van der Waals surface area contributed by atoms with Crippen LogP contribution in [0.2, 0.25) is 0 Å². The Bertz CT molecular complexity index is 805. The molecule has 0 amide bonds. The Morgan fingerprint density at radius 1 is 1.19 bits per heavy atom. The number of morpholine rings is 1. The van der Waals surface area contributed by atoms with Gasteiger partial charge in [0.15, 0.2) is 5.76 Å². The highest BCUT2D eigenvalue weighted by molar-refractivity contribution is 5.69. The normalized spacial score (nSPS) is 17.3. The van der Waals surface area contributed by atoms with Crippen molar-refractivity contribution in [3.05, 3.63) is 35.1 Å². The molecule has 1 aliphatic carbocycles. The number of ether oxygens (including phenoxy) is 1. The smallest absolute Gasteiger partial charge is 0.152 e. The van der Waals surface area contributed by atoms with Crippen molar-refractivity contribution >= 4 is 5.82 Å². The van der Waals surface area contributed by atoms with Crippen LogP contribution < -0.4 is 5.32 Å². The first-order valence-electron chi connectivity index (χ1n) is 9.90. The van der Waals surface area contributed by atoms with E-state index in [-0.39, 0.29) is 0 Å². The lowest BCUT2D eigenvalue weighted by molar-refractivity contribution is 0.0378. The van der Waals surface area contributed by atoms with Crippen LogP contribution in [0.3, 0.4) is 0 Å². The second kappa shape index (κ2) is 8.55. The third-order valence-electron chi connectivity index (χ3n) is 5.43. The molecule has 1 fully saturated rings. The van der Waals surface area contributed by atoms with E-state index in [9.17, 15) is 5.26 Å². The van der Waals surface area contributed by atoms with Gasteiger partial charge in [0, 0.05) is 19.6 Å². The fourth-order valence-electron chi connectivity index (χ4n) is 4.02. The number of pyridine rings is 1. The topological polar surface area (TPSA) is 74.3 Å². The summed E-state index contributed by atoms with van der Waals surface area (Å²) in [4.78, 5) is 7.24. The number of nitrogens with zero attached hydrogens (tertiary/aromatic N) is 3. The van der Waals surface area contributed by atoms with Gasteiger partial charge in [-0.1, -0.05) is 0 Å². The lowest BCUT2D eigenvalue weighted by Crippen LogP contribution is -2.37. The zero-order valence-electron chi connectivity index (χ0n) is 15.7. The van der Waals surface area contributed by atoms with Crippen LogP contribution in [0.4, 0.5) is 5.82 Å². The van der Waals surface area contributed by atoms with Gasteiger partial charge in [0.05, 0.1) is 25.0 Å². The van der Waals surface area contributed by atoms with E-state index in [1.807, 2.05) is 12.1 Å². The second-order valence-electron chi connectivity index (χ2n) is 7.17. The van der Waals surface area contributed by atoms with Gasteiger partial charge in [0.1, 0.15) is 17.6 Å². The molecular weight excluding hydrogens is 340 g/mol. The fourth-order valence-corrected chi connectivity index (χ4v) is 4.02. The van der Waals surface area contributed by atoms with E-state index in [1.165, 1.54) is 5.56 Å². The highest BCUT2D eigenvalue weighted by Gasteiger charge is 2.23. The number of nitrogens with one attached hydrogen (secondary N) is 1. The van der Waals surface area contributed by atoms with Crippen LogP contribution in [0, 0.1) is 11.3 Å². The third-order valence-corrected chi connectivity index (χ3v) is 5.43. The molecule has 2 aliphatic rings. The Kier molecular flexibility index (Phi) is 5.71. The van der Waals surface area contributed by atoms with Crippen LogP contribution >= 0.6 is 0 Å². The number of anilines is 1. The van der Waals surface area contributed by atoms with Gasteiger partial charge < -0.3 is 14.5 Å². The summed E-state index contributed by atoms with van der Waals surface area (Å²) >= 11 is 0. The average molecular weight is 366 g/mol. The summed E-state index contributed by atoms with van der Waals surface area (Å²) in [6, 6.07) is 6.24. The summed E-state index contributed by atoms with van der Waals surface area (Å²) in [6.07, 6.45) is 6.86. The molecule has 0 spiro atoms. The maximum absolute atomic E-state index is 9.78. The molecule has 0 radical (unpaired) electrons. The predicted molar refractivity (Wildman–Crippen MR) is 104 cm³/mol. The summed E-state index contributed by atoms with van der Waals surface area (Å²) in [6.45, 7) is 5.49. The molecule has 1 saturated heterocycles. The highest BCUT2D eigenvalue weighted by Crippen LogP contribution is 2.35. The fraction of sp³-hybridized carbons (Fsp3) is 0.524. The number of hydrogen-bond donors (Lipinski definition) is 1. The van der Waals surface area contributed by atoms with Crippen LogP contribution in [0.25, 0.3) is 11.5 Å². The first-order valence-corrected chi connectivity index (χ1v) is 9.90. The molecule has 0 aromatic carbocycles. The summed E-state index contributed by atoms with van der Waals surface area (Å²) in [5, 5.41) is 13.2. The van der Waals surface area contributed by atoms with Crippen molar-refractivity contribution in [3.8, 4) is 17.5 Å². The summed E-state index contributed by atoms with van der Waals surface area (Å²) in [5.74, 6) is 1.49. The van der Waals surface area contributed by atoms with Gasteiger partial charge in [-0.05, 0) is 61.9 Å². The van der Waals surface area contributed by atoms with Gasteiger partial charge >= 0.3 is 0 Å². The Balaban J connectivity index is 1.52. The average Bonchev–Trinajstić information content (AvgIpc) is 3.26. The molecule has 4 rings (SSSR count). The van der Waals surface area contributed by atoms with E-state index in [0.29, 0.717) is 11.4 Å². The second-order valence-corrected chi connectivity index (χ2v) is 7.17. The minimum atomic E-state index is 0.700. The highest BCUT2D eigenvalue weighted by atomic mass is 16.5.